The molecule has 0 atom stereocenters. The number of amides is 1. The van der Waals surface area contributed by atoms with Crippen molar-refractivity contribution in [2.45, 2.75) is 20.8 Å². The lowest BCUT2D eigenvalue weighted by atomic mass is 10.1. The highest BCUT2D eigenvalue weighted by molar-refractivity contribution is 5.95. The van der Waals surface area contributed by atoms with Crippen LogP contribution >= 0.6 is 0 Å². The molecule has 0 radical (unpaired) electrons. The largest absolute Gasteiger partial charge is 0.271 e. The predicted octanol–water partition coefficient (Wildman–Crippen LogP) is 4.12. The van der Waals surface area contributed by atoms with Crippen LogP contribution in [0.15, 0.2) is 59.2 Å². The average Bonchev–Trinajstić information content (AvgIpc) is 2.51. The van der Waals surface area contributed by atoms with Crippen LogP contribution in [0.3, 0.4) is 0 Å². The fraction of sp³-hybridized carbons (Fsp3) is 0.158. The van der Waals surface area contributed by atoms with Crippen LogP contribution in [0.4, 0.5) is 0 Å². The zero-order valence-electron chi connectivity index (χ0n) is 13.1. The van der Waals surface area contributed by atoms with Gasteiger partial charge in [-0.25, -0.2) is 5.43 Å². The van der Waals surface area contributed by atoms with Gasteiger partial charge in [-0.05, 0) is 55.2 Å². The number of carbonyl (C=O) groups is 1. The fourth-order valence-electron chi connectivity index (χ4n) is 1.99. The maximum atomic E-state index is 12.0. The molecule has 1 amide bonds. The van der Waals surface area contributed by atoms with E-state index < -0.39 is 0 Å². The second-order valence-electron chi connectivity index (χ2n) is 5.30. The van der Waals surface area contributed by atoms with Crippen molar-refractivity contribution in [3.05, 3.63) is 76.4 Å². The Balaban J connectivity index is 1.98. The second-order valence-corrected chi connectivity index (χ2v) is 5.30. The van der Waals surface area contributed by atoms with Crippen LogP contribution in [0.1, 0.15) is 34.0 Å². The smallest absolute Gasteiger partial charge is 0.267 e. The third kappa shape index (κ3) is 4.42. The normalized spacial score (nSPS) is 11.7. The number of hydrazone groups is 1. The van der Waals surface area contributed by atoms with E-state index >= 15 is 0 Å². The summed E-state index contributed by atoms with van der Waals surface area (Å²) < 4.78 is 0. The molecule has 2 aromatic carbocycles. The standard InChI is InChI=1S/C19H20N2O/c1-14(11-17-7-5-4-6-8-17)13-20-21-19(22)18-10-9-15(2)16(3)12-18/h4-13H,1-3H3,(H,21,22). The number of nitrogens with zero attached hydrogens (tertiary/aromatic N) is 1. The predicted molar refractivity (Wildman–Crippen MR) is 92.0 cm³/mol. The molecule has 3 nitrogen and oxygen atoms in total. The molecule has 0 bridgehead atoms. The Kier molecular flexibility index (Phi) is 5.26. The van der Waals surface area contributed by atoms with E-state index in [2.05, 4.69) is 10.5 Å². The van der Waals surface area contributed by atoms with Crippen molar-refractivity contribution >= 4 is 18.2 Å². The molecule has 0 aliphatic carbocycles. The molecule has 0 saturated carbocycles. The van der Waals surface area contributed by atoms with E-state index in [-0.39, 0.29) is 5.91 Å². The van der Waals surface area contributed by atoms with Crippen molar-refractivity contribution in [1.29, 1.82) is 0 Å². The van der Waals surface area contributed by atoms with Gasteiger partial charge in [0, 0.05) is 5.56 Å². The first-order valence-corrected chi connectivity index (χ1v) is 7.20. The Morgan fingerprint density at radius 1 is 1.05 bits per heavy atom. The van der Waals surface area contributed by atoms with Gasteiger partial charge in [0.05, 0.1) is 6.21 Å². The van der Waals surface area contributed by atoms with Crippen molar-refractivity contribution < 1.29 is 4.79 Å². The van der Waals surface area contributed by atoms with E-state index in [1.807, 2.05) is 69.3 Å². The first kappa shape index (κ1) is 15.7. The van der Waals surface area contributed by atoms with Crippen molar-refractivity contribution in [2.75, 3.05) is 0 Å². The molecular formula is C19H20N2O. The van der Waals surface area contributed by atoms with Gasteiger partial charge in [-0.15, -0.1) is 0 Å². The molecule has 0 saturated heterocycles. The van der Waals surface area contributed by atoms with Gasteiger partial charge < -0.3 is 0 Å². The van der Waals surface area contributed by atoms with Crippen LogP contribution in [0.5, 0.6) is 0 Å². The van der Waals surface area contributed by atoms with Crippen molar-refractivity contribution in [3.8, 4) is 0 Å². The number of aryl methyl sites for hydroxylation is 2. The van der Waals surface area contributed by atoms with E-state index in [1.54, 1.807) is 12.3 Å². The molecule has 2 rings (SSSR count). The molecule has 3 heteroatoms. The molecule has 0 spiro atoms. The molecular weight excluding hydrogens is 272 g/mol. The Bertz CT molecular complexity index is 715. The van der Waals surface area contributed by atoms with Gasteiger partial charge in [-0.2, -0.15) is 5.10 Å². The van der Waals surface area contributed by atoms with E-state index in [0.717, 1.165) is 16.7 Å². The highest BCUT2D eigenvalue weighted by Gasteiger charge is 2.04. The third-order valence-corrected chi connectivity index (χ3v) is 3.40. The quantitative estimate of drug-likeness (QED) is 0.668. The molecule has 22 heavy (non-hydrogen) atoms. The number of nitrogens with one attached hydrogen (secondary N) is 1. The summed E-state index contributed by atoms with van der Waals surface area (Å²) in [4.78, 5) is 12.0. The summed E-state index contributed by atoms with van der Waals surface area (Å²) >= 11 is 0. The minimum absolute atomic E-state index is 0.202. The molecule has 1 N–H and O–H groups in total. The van der Waals surface area contributed by atoms with Crippen LogP contribution in [0, 0.1) is 13.8 Å². The van der Waals surface area contributed by atoms with Gasteiger partial charge in [0.25, 0.3) is 5.91 Å². The number of hydrogen-bond acceptors (Lipinski definition) is 2. The summed E-state index contributed by atoms with van der Waals surface area (Å²) in [5, 5.41) is 4.00. The molecule has 0 aliphatic rings. The van der Waals surface area contributed by atoms with E-state index in [9.17, 15) is 4.79 Å². The van der Waals surface area contributed by atoms with Gasteiger partial charge >= 0.3 is 0 Å². The zero-order chi connectivity index (χ0) is 15.9. The second kappa shape index (κ2) is 7.36. The molecule has 0 heterocycles. The Morgan fingerprint density at radius 3 is 2.45 bits per heavy atom. The molecule has 0 aliphatic heterocycles. The lowest BCUT2D eigenvalue weighted by Gasteiger charge is -2.03. The van der Waals surface area contributed by atoms with Gasteiger partial charge in [-0.1, -0.05) is 42.5 Å². The lowest BCUT2D eigenvalue weighted by Crippen LogP contribution is -2.17. The molecule has 2 aromatic rings. The third-order valence-electron chi connectivity index (χ3n) is 3.40. The zero-order valence-corrected chi connectivity index (χ0v) is 13.1. The molecule has 0 unspecified atom stereocenters. The Hall–Kier alpha value is -2.68. The maximum Gasteiger partial charge on any atom is 0.271 e. The highest BCUT2D eigenvalue weighted by Crippen LogP contribution is 2.09. The molecule has 0 aromatic heterocycles. The van der Waals surface area contributed by atoms with Crippen LogP contribution in [0.2, 0.25) is 0 Å². The topological polar surface area (TPSA) is 41.5 Å². The Morgan fingerprint density at radius 2 is 1.77 bits per heavy atom. The number of hydrogen-bond donors (Lipinski definition) is 1. The van der Waals surface area contributed by atoms with E-state index in [4.69, 9.17) is 0 Å². The fourth-order valence-corrected chi connectivity index (χ4v) is 1.99. The van der Waals surface area contributed by atoms with Crippen LogP contribution < -0.4 is 5.43 Å². The van der Waals surface area contributed by atoms with Crippen molar-refractivity contribution in [1.82, 2.24) is 5.43 Å². The monoisotopic (exact) mass is 292 g/mol. The maximum absolute atomic E-state index is 12.0. The summed E-state index contributed by atoms with van der Waals surface area (Å²) in [6.07, 6.45) is 3.65. The summed E-state index contributed by atoms with van der Waals surface area (Å²) in [6.45, 7) is 5.95. The summed E-state index contributed by atoms with van der Waals surface area (Å²) in [7, 11) is 0. The minimum Gasteiger partial charge on any atom is -0.267 e. The average molecular weight is 292 g/mol. The van der Waals surface area contributed by atoms with Crippen LogP contribution in [0.25, 0.3) is 6.08 Å². The lowest BCUT2D eigenvalue weighted by molar-refractivity contribution is 0.0955. The summed E-state index contributed by atoms with van der Waals surface area (Å²) in [6, 6.07) is 15.6. The van der Waals surface area contributed by atoms with Gasteiger partial charge in [0.15, 0.2) is 0 Å². The van der Waals surface area contributed by atoms with Crippen molar-refractivity contribution in [3.63, 3.8) is 0 Å². The minimum atomic E-state index is -0.202. The van der Waals surface area contributed by atoms with Gasteiger partial charge in [0.1, 0.15) is 0 Å². The number of carbonyl (C=O) groups excluding carboxylic acids is 1. The van der Waals surface area contributed by atoms with Gasteiger partial charge in [-0.3, -0.25) is 4.79 Å². The summed E-state index contributed by atoms with van der Waals surface area (Å²) in [5.74, 6) is -0.202. The van der Waals surface area contributed by atoms with Crippen molar-refractivity contribution in [2.24, 2.45) is 5.10 Å². The molecule has 112 valence electrons. The van der Waals surface area contributed by atoms with Gasteiger partial charge in [0.2, 0.25) is 0 Å². The van der Waals surface area contributed by atoms with Crippen LogP contribution in [-0.4, -0.2) is 12.1 Å². The Labute approximate surface area is 131 Å². The number of allylic oxidation sites excluding steroid dienone is 1. The van der Waals surface area contributed by atoms with E-state index in [0.29, 0.717) is 5.56 Å². The first-order chi connectivity index (χ1) is 10.6. The first-order valence-electron chi connectivity index (χ1n) is 7.20. The summed E-state index contributed by atoms with van der Waals surface area (Å²) in [5.41, 5.74) is 7.50. The SMILES string of the molecule is CC(C=NNC(=O)c1ccc(C)c(C)c1)=Cc1ccccc1. The number of rotatable bonds is 4. The highest BCUT2D eigenvalue weighted by atomic mass is 16.2. The molecule has 0 fully saturated rings. The number of benzene rings is 2. The van der Waals surface area contributed by atoms with Crippen LogP contribution in [-0.2, 0) is 0 Å². The van der Waals surface area contributed by atoms with E-state index in [1.165, 1.54) is 5.56 Å².